The molecule has 0 radical (unpaired) electrons. The maximum Gasteiger partial charge on any atom is 0.336 e. The molecule has 1 aromatic heterocycles. The Morgan fingerprint density at radius 1 is 1.03 bits per heavy atom. The summed E-state index contributed by atoms with van der Waals surface area (Å²) < 4.78 is 3.79. The molecule has 0 fully saturated rings. The normalized spacial score (nSPS) is 11.2. The molecule has 1 heterocycles. The van der Waals surface area contributed by atoms with Gasteiger partial charge < -0.3 is 5.11 Å². The average molecular weight is 407 g/mol. The van der Waals surface area contributed by atoms with Crippen LogP contribution in [0.5, 0.6) is 0 Å². The topological polar surface area (TPSA) is 64.2 Å². The molecule has 2 aromatic carbocycles. The highest BCUT2D eigenvalue weighted by Crippen LogP contribution is 2.24. The van der Waals surface area contributed by atoms with E-state index in [2.05, 4.69) is 20.8 Å². The van der Waals surface area contributed by atoms with Gasteiger partial charge in [0.2, 0.25) is 0 Å². The standard InChI is InChI=1S/C25H30N2O3/c1-5-8-23-18(4)26(15-17(2)3)25(30)27(23)16-19-11-13-20(14-12-19)21-9-6-7-10-22(21)24(28)29/h6-7,9-14,17H,5,8,15-16H2,1-4H3,(H,28,29). The van der Waals surface area contributed by atoms with Crippen molar-refractivity contribution in [2.75, 3.05) is 0 Å². The van der Waals surface area contributed by atoms with Gasteiger partial charge in [-0.15, -0.1) is 0 Å². The number of rotatable bonds is 8. The molecule has 158 valence electrons. The van der Waals surface area contributed by atoms with Crippen LogP contribution in [0.2, 0.25) is 0 Å². The number of carboxylic acid groups (broad SMARTS) is 1. The van der Waals surface area contributed by atoms with Gasteiger partial charge in [0.1, 0.15) is 0 Å². The molecule has 5 nitrogen and oxygen atoms in total. The van der Waals surface area contributed by atoms with Crippen LogP contribution >= 0.6 is 0 Å². The van der Waals surface area contributed by atoms with Crippen molar-refractivity contribution in [2.24, 2.45) is 5.92 Å². The highest BCUT2D eigenvalue weighted by Gasteiger charge is 2.17. The highest BCUT2D eigenvalue weighted by atomic mass is 16.4. The monoisotopic (exact) mass is 406 g/mol. The van der Waals surface area contributed by atoms with Crippen LogP contribution in [0.3, 0.4) is 0 Å². The Kier molecular flexibility index (Phi) is 6.60. The van der Waals surface area contributed by atoms with Crippen molar-refractivity contribution >= 4 is 5.97 Å². The van der Waals surface area contributed by atoms with Crippen molar-refractivity contribution in [3.63, 3.8) is 0 Å². The summed E-state index contributed by atoms with van der Waals surface area (Å²) in [5.41, 5.74) is 5.06. The molecular formula is C25H30N2O3. The molecule has 0 atom stereocenters. The predicted molar refractivity (Wildman–Crippen MR) is 120 cm³/mol. The third-order valence-corrected chi connectivity index (χ3v) is 5.41. The van der Waals surface area contributed by atoms with Gasteiger partial charge in [0.05, 0.1) is 12.1 Å². The summed E-state index contributed by atoms with van der Waals surface area (Å²) in [6.07, 6.45) is 1.85. The summed E-state index contributed by atoms with van der Waals surface area (Å²) in [6.45, 7) is 9.65. The smallest absolute Gasteiger partial charge is 0.336 e. The Hall–Kier alpha value is -3.08. The number of hydrogen-bond acceptors (Lipinski definition) is 2. The zero-order valence-electron chi connectivity index (χ0n) is 18.2. The molecule has 3 rings (SSSR count). The second-order valence-electron chi connectivity index (χ2n) is 8.20. The number of aromatic carboxylic acids is 1. The molecule has 1 N–H and O–H groups in total. The maximum absolute atomic E-state index is 13.1. The van der Waals surface area contributed by atoms with Crippen LogP contribution in [0.25, 0.3) is 11.1 Å². The fraction of sp³-hybridized carbons (Fsp3) is 0.360. The first-order chi connectivity index (χ1) is 14.3. The van der Waals surface area contributed by atoms with Crippen LogP contribution in [0.1, 0.15) is 54.5 Å². The van der Waals surface area contributed by atoms with Crippen molar-refractivity contribution in [1.82, 2.24) is 9.13 Å². The van der Waals surface area contributed by atoms with Crippen molar-refractivity contribution in [1.29, 1.82) is 0 Å². The predicted octanol–water partition coefficient (Wildman–Crippen LogP) is 4.98. The second kappa shape index (κ2) is 9.16. The van der Waals surface area contributed by atoms with Crippen LogP contribution in [-0.2, 0) is 19.5 Å². The fourth-order valence-electron chi connectivity index (χ4n) is 3.95. The number of carbonyl (C=O) groups is 1. The molecule has 30 heavy (non-hydrogen) atoms. The van der Waals surface area contributed by atoms with E-state index < -0.39 is 5.97 Å². The lowest BCUT2D eigenvalue weighted by Crippen LogP contribution is -2.27. The van der Waals surface area contributed by atoms with Gasteiger partial charge in [-0.25, -0.2) is 9.59 Å². The molecule has 0 aliphatic carbocycles. The molecule has 0 bridgehead atoms. The van der Waals surface area contributed by atoms with Crippen LogP contribution in [0, 0.1) is 12.8 Å². The van der Waals surface area contributed by atoms with E-state index in [0.29, 0.717) is 18.0 Å². The molecule has 0 aliphatic heterocycles. The lowest BCUT2D eigenvalue weighted by molar-refractivity contribution is 0.0697. The summed E-state index contributed by atoms with van der Waals surface area (Å²) in [7, 11) is 0. The molecule has 0 saturated heterocycles. The largest absolute Gasteiger partial charge is 0.478 e. The summed E-state index contributed by atoms with van der Waals surface area (Å²) >= 11 is 0. The summed E-state index contributed by atoms with van der Waals surface area (Å²) in [4.78, 5) is 24.6. The summed E-state index contributed by atoms with van der Waals surface area (Å²) in [6, 6.07) is 14.8. The van der Waals surface area contributed by atoms with E-state index in [0.717, 1.165) is 41.9 Å². The van der Waals surface area contributed by atoms with E-state index in [-0.39, 0.29) is 11.3 Å². The van der Waals surface area contributed by atoms with E-state index >= 15 is 0 Å². The van der Waals surface area contributed by atoms with Gasteiger partial charge in [0, 0.05) is 17.9 Å². The summed E-state index contributed by atoms with van der Waals surface area (Å²) in [5, 5.41) is 9.44. The average Bonchev–Trinajstić information content (AvgIpc) is 2.93. The molecule has 0 unspecified atom stereocenters. The number of imidazole rings is 1. The van der Waals surface area contributed by atoms with Gasteiger partial charge in [0.15, 0.2) is 0 Å². The van der Waals surface area contributed by atoms with Crippen molar-refractivity contribution in [2.45, 2.75) is 53.6 Å². The van der Waals surface area contributed by atoms with Gasteiger partial charge in [-0.2, -0.15) is 0 Å². The van der Waals surface area contributed by atoms with E-state index in [1.54, 1.807) is 12.1 Å². The van der Waals surface area contributed by atoms with E-state index in [1.807, 2.05) is 52.5 Å². The van der Waals surface area contributed by atoms with E-state index in [9.17, 15) is 14.7 Å². The van der Waals surface area contributed by atoms with Crippen LogP contribution < -0.4 is 5.69 Å². The van der Waals surface area contributed by atoms with Gasteiger partial charge >= 0.3 is 11.7 Å². The Balaban J connectivity index is 1.94. The van der Waals surface area contributed by atoms with E-state index in [4.69, 9.17) is 0 Å². The number of nitrogens with zero attached hydrogens (tertiary/aromatic N) is 2. The van der Waals surface area contributed by atoms with Crippen molar-refractivity contribution in [3.8, 4) is 11.1 Å². The Morgan fingerprint density at radius 3 is 2.30 bits per heavy atom. The number of aromatic nitrogens is 2. The fourth-order valence-corrected chi connectivity index (χ4v) is 3.95. The Labute approximate surface area is 177 Å². The van der Waals surface area contributed by atoms with Gasteiger partial charge in [-0.3, -0.25) is 9.13 Å². The quantitative estimate of drug-likeness (QED) is 0.574. The van der Waals surface area contributed by atoms with Gasteiger partial charge in [-0.1, -0.05) is 69.7 Å². The zero-order valence-corrected chi connectivity index (χ0v) is 18.2. The van der Waals surface area contributed by atoms with Crippen LogP contribution in [0.15, 0.2) is 53.3 Å². The first-order valence-corrected chi connectivity index (χ1v) is 10.5. The molecule has 5 heteroatoms. The SMILES string of the molecule is CCCc1c(C)n(CC(C)C)c(=O)n1Cc1ccc(-c2ccccc2C(=O)O)cc1. The zero-order chi connectivity index (χ0) is 21.8. The third kappa shape index (κ3) is 4.40. The lowest BCUT2D eigenvalue weighted by atomic mass is 9.99. The van der Waals surface area contributed by atoms with Crippen LogP contribution in [-0.4, -0.2) is 20.2 Å². The highest BCUT2D eigenvalue weighted by molar-refractivity contribution is 5.95. The number of benzene rings is 2. The molecule has 0 saturated carbocycles. The van der Waals surface area contributed by atoms with Gasteiger partial charge in [-0.05, 0) is 42.0 Å². The summed E-state index contributed by atoms with van der Waals surface area (Å²) in [5.74, 6) is -0.535. The molecule has 0 amide bonds. The first-order valence-electron chi connectivity index (χ1n) is 10.5. The first kappa shape index (κ1) is 21.6. The minimum absolute atomic E-state index is 0.0462. The van der Waals surface area contributed by atoms with Crippen LogP contribution in [0.4, 0.5) is 0 Å². The Morgan fingerprint density at radius 2 is 1.70 bits per heavy atom. The second-order valence-corrected chi connectivity index (χ2v) is 8.20. The van der Waals surface area contributed by atoms with Crippen molar-refractivity contribution in [3.05, 3.63) is 81.5 Å². The lowest BCUT2D eigenvalue weighted by Gasteiger charge is -2.10. The van der Waals surface area contributed by atoms with E-state index in [1.165, 1.54) is 0 Å². The van der Waals surface area contributed by atoms with Gasteiger partial charge in [0.25, 0.3) is 0 Å². The third-order valence-electron chi connectivity index (χ3n) is 5.41. The maximum atomic E-state index is 13.1. The van der Waals surface area contributed by atoms with Crippen molar-refractivity contribution < 1.29 is 9.90 Å². The number of carboxylic acids is 1. The minimum Gasteiger partial charge on any atom is -0.478 e. The number of hydrogen-bond donors (Lipinski definition) is 1. The minimum atomic E-state index is -0.938. The molecule has 3 aromatic rings. The molecular weight excluding hydrogens is 376 g/mol. The molecule has 0 spiro atoms. The Bertz CT molecular complexity index is 1090. The molecule has 0 aliphatic rings.